The van der Waals surface area contributed by atoms with Crippen molar-refractivity contribution < 1.29 is 9.53 Å². The fourth-order valence-electron chi connectivity index (χ4n) is 1.52. The lowest BCUT2D eigenvalue weighted by atomic mass is 9.90. The zero-order valence-corrected chi connectivity index (χ0v) is 13.3. The van der Waals surface area contributed by atoms with Gasteiger partial charge in [0.15, 0.2) is 0 Å². The SMILES string of the molecule is CC(C)(C)CCC(=O)Nc1ccc(OCCN)cc1.Cl. The molecule has 0 saturated heterocycles. The summed E-state index contributed by atoms with van der Waals surface area (Å²) in [5.41, 5.74) is 6.33. The molecule has 0 radical (unpaired) electrons. The highest BCUT2D eigenvalue weighted by molar-refractivity contribution is 5.90. The van der Waals surface area contributed by atoms with E-state index in [1.165, 1.54) is 0 Å². The highest BCUT2D eigenvalue weighted by Crippen LogP contribution is 2.21. The summed E-state index contributed by atoms with van der Waals surface area (Å²) < 4.78 is 5.37. The summed E-state index contributed by atoms with van der Waals surface area (Å²) in [6.07, 6.45) is 1.41. The topological polar surface area (TPSA) is 64.3 Å². The molecule has 0 aromatic heterocycles. The molecule has 4 nitrogen and oxygen atoms in total. The van der Waals surface area contributed by atoms with Gasteiger partial charge in [-0.15, -0.1) is 12.4 Å². The van der Waals surface area contributed by atoms with Crippen LogP contribution in [-0.2, 0) is 4.79 Å². The predicted octanol–water partition coefficient (Wildman–Crippen LogP) is 3.21. The first kappa shape index (κ1) is 18.7. The molecular weight excluding hydrogens is 276 g/mol. The van der Waals surface area contributed by atoms with E-state index < -0.39 is 0 Å². The van der Waals surface area contributed by atoms with Crippen LogP contribution >= 0.6 is 12.4 Å². The Kier molecular flexibility index (Phi) is 8.26. The minimum absolute atomic E-state index is 0. The second kappa shape index (κ2) is 8.82. The van der Waals surface area contributed by atoms with E-state index in [4.69, 9.17) is 10.5 Å². The van der Waals surface area contributed by atoms with Gasteiger partial charge in [-0.2, -0.15) is 0 Å². The van der Waals surface area contributed by atoms with Gasteiger partial charge in [0, 0.05) is 18.7 Å². The van der Waals surface area contributed by atoms with Gasteiger partial charge in [0.2, 0.25) is 5.91 Å². The molecular formula is C15H25ClN2O2. The lowest BCUT2D eigenvalue weighted by molar-refractivity contribution is -0.116. The van der Waals surface area contributed by atoms with E-state index in [1.54, 1.807) is 0 Å². The summed E-state index contributed by atoms with van der Waals surface area (Å²) in [7, 11) is 0. The molecule has 0 fully saturated rings. The van der Waals surface area contributed by atoms with Crippen LogP contribution in [0.4, 0.5) is 5.69 Å². The predicted molar refractivity (Wildman–Crippen MR) is 85.6 cm³/mol. The van der Waals surface area contributed by atoms with Gasteiger partial charge in [0.05, 0.1) is 0 Å². The Bertz CT molecular complexity index is 399. The summed E-state index contributed by atoms with van der Waals surface area (Å²) in [4.78, 5) is 11.8. The second-order valence-electron chi connectivity index (χ2n) is 5.77. The Morgan fingerprint density at radius 1 is 1.25 bits per heavy atom. The van der Waals surface area contributed by atoms with Crippen molar-refractivity contribution in [3.8, 4) is 5.75 Å². The summed E-state index contributed by atoms with van der Waals surface area (Å²) in [6.45, 7) is 7.38. The Labute approximate surface area is 127 Å². The maximum atomic E-state index is 11.8. The number of hydrogen-bond donors (Lipinski definition) is 2. The van der Waals surface area contributed by atoms with E-state index in [-0.39, 0.29) is 23.7 Å². The molecule has 0 aliphatic rings. The summed E-state index contributed by atoms with van der Waals surface area (Å²) in [5, 5.41) is 2.88. The van der Waals surface area contributed by atoms with Crippen molar-refractivity contribution in [1.82, 2.24) is 0 Å². The van der Waals surface area contributed by atoms with E-state index in [2.05, 4.69) is 26.1 Å². The highest BCUT2D eigenvalue weighted by Gasteiger charge is 2.12. The Morgan fingerprint density at radius 3 is 2.35 bits per heavy atom. The van der Waals surface area contributed by atoms with Gasteiger partial charge >= 0.3 is 0 Å². The van der Waals surface area contributed by atoms with Crippen LogP contribution in [0.15, 0.2) is 24.3 Å². The molecule has 1 aromatic rings. The molecule has 0 aliphatic heterocycles. The molecule has 0 saturated carbocycles. The smallest absolute Gasteiger partial charge is 0.224 e. The van der Waals surface area contributed by atoms with Gasteiger partial charge in [-0.1, -0.05) is 20.8 Å². The number of amides is 1. The average molecular weight is 301 g/mol. The molecule has 0 bridgehead atoms. The molecule has 5 heteroatoms. The molecule has 20 heavy (non-hydrogen) atoms. The van der Waals surface area contributed by atoms with Gasteiger partial charge < -0.3 is 15.8 Å². The maximum absolute atomic E-state index is 11.8. The van der Waals surface area contributed by atoms with Gasteiger partial charge in [-0.25, -0.2) is 0 Å². The highest BCUT2D eigenvalue weighted by atomic mass is 35.5. The Balaban J connectivity index is 0.00000361. The molecule has 114 valence electrons. The van der Waals surface area contributed by atoms with Crippen LogP contribution < -0.4 is 15.8 Å². The standard InChI is InChI=1S/C15H24N2O2.ClH/c1-15(2,3)9-8-14(18)17-12-4-6-13(7-5-12)19-11-10-16;/h4-7H,8-11,16H2,1-3H3,(H,17,18);1H. The van der Waals surface area contributed by atoms with Crippen LogP contribution in [0.5, 0.6) is 5.75 Å². The number of anilines is 1. The van der Waals surface area contributed by atoms with E-state index in [0.717, 1.165) is 17.9 Å². The zero-order chi connectivity index (χ0) is 14.3. The lowest BCUT2D eigenvalue weighted by Gasteiger charge is -2.17. The monoisotopic (exact) mass is 300 g/mol. The molecule has 1 amide bonds. The second-order valence-corrected chi connectivity index (χ2v) is 5.77. The van der Waals surface area contributed by atoms with Crippen molar-refractivity contribution in [3.05, 3.63) is 24.3 Å². The van der Waals surface area contributed by atoms with Gasteiger partial charge in [0.1, 0.15) is 12.4 Å². The summed E-state index contributed by atoms with van der Waals surface area (Å²) >= 11 is 0. The fourth-order valence-corrected chi connectivity index (χ4v) is 1.52. The number of benzene rings is 1. The minimum Gasteiger partial charge on any atom is -0.492 e. The number of carbonyl (C=O) groups is 1. The number of nitrogens with one attached hydrogen (secondary N) is 1. The zero-order valence-electron chi connectivity index (χ0n) is 12.4. The first-order valence-corrected chi connectivity index (χ1v) is 6.63. The van der Waals surface area contributed by atoms with Crippen LogP contribution in [0, 0.1) is 5.41 Å². The van der Waals surface area contributed by atoms with E-state index >= 15 is 0 Å². The first-order chi connectivity index (χ1) is 8.90. The van der Waals surface area contributed by atoms with Crippen molar-refractivity contribution in [2.75, 3.05) is 18.5 Å². The third-order valence-electron chi connectivity index (χ3n) is 2.63. The third-order valence-corrected chi connectivity index (χ3v) is 2.63. The quantitative estimate of drug-likeness (QED) is 0.848. The normalized spacial score (nSPS) is 10.6. The van der Waals surface area contributed by atoms with Crippen molar-refractivity contribution in [2.24, 2.45) is 11.1 Å². The summed E-state index contributed by atoms with van der Waals surface area (Å²) in [5.74, 6) is 0.809. The third kappa shape index (κ3) is 8.02. The maximum Gasteiger partial charge on any atom is 0.224 e. The fraction of sp³-hybridized carbons (Fsp3) is 0.533. The van der Waals surface area contributed by atoms with E-state index in [9.17, 15) is 4.79 Å². The number of rotatable bonds is 6. The number of halogens is 1. The van der Waals surface area contributed by atoms with Gasteiger partial charge in [0.25, 0.3) is 0 Å². The summed E-state index contributed by atoms with van der Waals surface area (Å²) in [6, 6.07) is 7.33. The average Bonchev–Trinajstić information content (AvgIpc) is 2.35. The van der Waals surface area contributed by atoms with E-state index in [1.807, 2.05) is 24.3 Å². The Morgan fingerprint density at radius 2 is 1.85 bits per heavy atom. The van der Waals surface area contributed by atoms with Crippen molar-refractivity contribution in [3.63, 3.8) is 0 Å². The van der Waals surface area contributed by atoms with Crippen LogP contribution in [0.1, 0.15) is 33.6 Å². The molecule has 3 N–H and O–H groups in total. The van der Waals surface area contributed by atoms with Gasteiger partial charge in [-0.3, -0.25) is 4.79 Å². The molecule has 0 spiro atoms. The van der Waals surface area contributed by atoms with Crippen LogP contribution in [0.3, 0.4) is 0 Å². The molecule has 1 aromatic carbocycles. The van der Waals surface area contributed by atoms with Crippen molar-refractivity contribution >= 4 is 24.0 Å². The van der Waals surface area contributed by atoms with Gasteiger partial charge in [-0.05, 0) is 36.1 Å². The molecule has 0 unspecified atom stereocenters. The molecule has 0 atom stereocenters. The number of carbonyl (C=O) groups excluding carboxylic acids is 1. The van der Waals surface area contributed by atoms with Crippen LogP contribution in [-0.4, -0.2) is 19.1 Å². The van der Waals surface area contributed by atoms with Crippen molar-refractivity contribution in [2.45, 2.75) is 33.6 Å². The van der Waals surface area contributed by atoms with E-state index in [0.29, 0.717) is 19.6 Å². The number of ether oxygens (including phenoxy) is 1. The molecule has 1 rings (SSSR count). The van der Waals surface area contributed by atoms with Crippen LogP contribution in [0.25, 0.3) is 0 Å². The first-order valence-electron chi connectivity index (χ1n) is 6.63. The van der Waals surface area contributed by atoms with Crippen molar-refractivity contribution in [1.29, 1.82) is 0 Å². The number of hydrogen-bond acceptors (Lipinski definition) is 3. The van der Waals surface area contributed by atoms with Crippen LogP contribution in [0.2, 0.25) is 0 Å². The molecule has 0 heterocycles. The lowest BCUT2D eigenvalue weighted by Crippen LogP contribution is -2.15. The minimum atomic E-state index is 0. The largest absolute Gasteiger partial charge is 0.492 e. The molecule has 0 aliphatic carbocycles. The Hall–Kier alpha value is -1.26. The number of nitrogens with two attached hydrogens (primary N) is 1.